The van der Waals surface area contributed by atoms with Crippen LogP contribution in [-0.2, 0) is 0 Å². The normalized spacial score (nSPS) is 18.1. The number of hydrogen-bond acceptors (Lipinski definition) is 6. The van der Waals surface area contributed by atoms with Crippen LogP contribution in [0.5, 0.6) is 11.5 Å². The molecule has 0 amide bonds. The van der Waals surface area contributed by atoms with E-state index in [0.717, 1.165) is 29.2 Å². The van der Waals surface area contributed by atoms with E-state index in [1.807, 2.05) is 30.0 Å². The van der Waals surface area contributed by atoms with Crippen molar-refractivity contribution in [2.45, 2.75) is 12.5 Å². The fraction of sp³-hybridized carbons (Fsp3) is 0.357. The molecule has 5 nitrogen and oxygen atoms in total. The summed E-state index contributed by atoms with van der Waals surface area (Å²) < 4.78 is 16.4. The molecule has 106 valence electrons. The molecule has 1 aromatic carbocycles. The fourth-order valence-corrected chi connectivity index (χ4v) is 3.32. The highest BCUT2D eigenvalue weighted by Crippen LogP contribution is 2.39. The Kier molecular flexibility index (Phi) is 3.73. The van der Waals surface area contributed by atoms with E-state index in [2.05, 4.69) is 5.16 Å². The van der Waals surface area contributed by atoms with Gasteiger partial charge in [0.1, 0.15) is 11.8 Å². The van der Waals surface area contributed by atoms with Gasteiger partial charge in [-0.05, 0) is 24.3 Å². The number of ether oxygens (including phenoxy) is 2. The highest BCUT2D eigenvalue weighted by molar-refractivity contribution is 7.99. The molecule has 2 aromatic rings. The fourth-order valence-electron chi connectivity index (χ4n) is 2.22. The molecule has 0 saturated carbocycles. The smallest absolute Gasteiger partial charge is 0.222 e. The van der Waals surface area contributed by atoms with Gasteiger partial charge in [0.25, 0.3) is 0 Å². The Hall–Kier alpha value is -1.82. The average Bonchev–Trinajstić information content (AvgIpc) is 3.10. The van der Waals surface area contributed by atoms with Crippen LogP contribution in [0.3, 0.4) is 0 Å². The van der Waals surface area contributed by atoms with Crippen LogP contribution in [0.25, 0.3) is 11.3 Å². The first-order chi connectivity index (χ1) is 9.78. The molecule has 1 unspecified atom stereocenters. The second-order valence-electron chi connectivity index (χ2n) is 4.55. The summed E-state index contributed by atoms with van der Waals surface area (Å²) in [6, 6.07) is 7.41. The van der Waals surface area contributed by atoms with Crippen LogP contribution >= 0.6 is 11.8 Å². The van der Waals surface area contributed by atoms with Gasteiger partial charge >= 0.3 is 0 Å². The zero-order chi connectivity index (χ0) is 13.9. The molecule has 0 aliphatic carbocycles. The van der Waals surface area contributed by atoms with E-state index in [0.29, 0.717) is 11.4 Å². The minimum absolute atomic E-state index is 0.242. The van der Waals surface area contributed by atoms with Gasteiger partial charge in [-0.15, -0.1) is 0 Å². The SMILES string of the molecule is COc1c(OC2CCSC2)cccc1-c1cc(N)on1. The predicted octanol–water partition coefficient (Wildman–Crippen LogP) is 2.82. The Morgan fingerprint density at radius 1 is 1.45 bits per heavy atom. The number of anilines is 1. The molecule has 1 aromatic heterocycles. The summed E-state index contributed by atoms with van der Waals surface area (Å²) in [6.45, 7) is 0. The summed E-state index contributed by atoms with van der Waals surface area (Å²) in [5.74, 6) is 3.84. The number of benzene rings is 1. The molecular formula is C14H16N2O3S. The van der Waals surface area contributed by atoms with E-state index in [-0.39, 0.29) is 12.0 Å². The van der Waals surface area contributed by atoms with Crippen molar-refractivity contribution >= 4 is 17.6 Å². The van der Waals surface area contributed by atoms with E-state index in [9.17, 15) is 0 Å². The zero-order valence-corrected chi connectivity index (χ0v) is 12.0. The zero-order valence-electron chi connectivity index (χ0n) is 11.2. The third-order valence-electron chi connectivity index (χ3n) is 3.17. The second-order valence-corrected chi connectivity index (χ2v) is 5.70. The summed E-state index contributed by atoms with van der Waals surface area (Å²) in [5.41, 5.74) is 7.03. The second kappa shape index (κ2) is 5.66. The maximum atomic E-state index is 6.03. The Labute approximate surface area is 121 Å². The molecule has 0 radical (unpaired) electrons. The topological polar surface area (TPSA) is 70.5 Å². The number of nitrogen functional groups attached to an aromatic ring is 1. The van der Waals surface area contributed by atoms with Crippen molar-refractivity contribution < 1.29 is 14.0 Å². The Morgan fingerprint density at radius 3 is 3.00 bits per heavy atom. The molecular weight excluding hydrogens is 276 g/mol. The molecule has 1 aliphatic heterocycles. The molecule has 20 heavy (non-hydrogen) atoms. The van der Waals surface area contributed by atoms with Crippen molar-refractivity contribution in [3.8, 4) is 22.8 Å². The number of nitrogens with zero attached hydrogens (tertiary/aromatic N) is 1. The van der Waals surface area contributed by atoms with Crippen molar-refractivity contribution in [2.75, 3.05) is 24.3 Å². The van der Waals surface area contributed by atoms with E-state index in [4.69, 9.17) is 19.7 Å². The standard InChI is InChI=1S/C14H16N2O3S/c1-17-14-10(11-7-13(15)19-16-11)3-2-4-12(14)18-9-5-6-20-8-9/h2-4,7,9H,5-6,8,15H2,1H3. The van der Waals surface area contributed by atoms with Gasteiger partial charge in [0.15, 0.2) is 11.5 Å². The summed E-state index contributed by atoms with van der Waals surface area (Å²) >= 11 is 1.91. The van der Waals surface area contributed by atoms with E-state index in [1.54, 1.807) is 13.2 Å². The maximum Gasteiger partial charge on any atom is 0.222 e. The molecule has 1 fully saturated rings. The van der Waals surface area contributed by atoms with Crippen LogP contribution in [0.4, 0.5) is 5.88 Å². The number of methoxy groups -OCH3 is 1. The van der Waals surface area contributed by atoms with Crippen LogP contribution in [0, 0.1) is 0 Å². The van der Waals surface area contributed by atoms with Gasteiger partial charge in [0.2, 0.25) is 5.88 Å². The van der Waals surface area contributed by atoms with Gasteiger partial charge in [0, 0.05) is 17.4 Å². The monoisotopic (exact) mass is 292 g/mol. The number of thioether (sulfide) groups is 1. The molecule has 3 rings (SSSR count). The third-order valence-corrected chi connectivity index (χ3v) is 4.30. The summed E-state index contributed by atoms with van der Waals surface area (Å²) in [6.07, 6.45) is 1.31. The third kappa shape index (κ3) is 2.56. The first-order valence-corrected chi connectivity index (χ1v) is 7.57. The van der Waals surface area contributed by atoms with Crippen LogP contribution in [0.1, 0.15) is 6.42 Å². The summed E-state index contributed by atoms with van der Waals surface area (Å²) in [5, 5.41) is 3.93. The van der Waals surface area contributed by atoms with Gasteiger partial charge in [-0.2, -0.15) is 11.8 Å². The highest BCUT2D eigenvalue weighted by Gasteiger charge is 2.21. The predicted molar refractivity (Wildman–Crippen MR) is 79.3 cm³/mol. The van der Waals surface area contributed by atoms with Crippen molar-refractivity contribution in [3.05, 3.63) is 24.3 Å². The molecule has 2 heterocycles. The number of rotatable bonds is 4. The maximum absolute atomic E-state index is 6.03. The quantitative estimate of drug-likeness (QED) is 0.934. The minimum atomic E-state index is 0.242. The van der Waals surface area contributed by atoms with Crippen molar-refractivity contribution in [1.82, 2.24) is 5.16 Å². The van der Waals surface area contributed by atoms with Crippen molar-refractivity contribution in [1.29, 1.82) is 0 Å². The van der Waals surface area contributed by atoms with E-state index in [1.165, 1.54) is 0 Å². The van der Waals surface area contributed by atoms with E-state index >= 15 is 0 Å². The lowest BCUT2D eigenvalue weighted by molar-refractivity contribution is 0.219. The van der Waals surface area contributed by atoms with Crippen molar-refractivity contribution in [3.63, 3.8) is 0 Å². The molecule has 2 N–H and O–H groups in total. The lowest BCUT2D eigenvalue weighted by Gasteiger charge is -2.17. The first-order valence-electron chi connectivity index (χ1n) is 6.42. The average molecular weight is 292 g/mol. The van der Waals surface area contributed by atoms with Gasteiger partial charge in [-0.1, -0.05) is 11.2 Å². The number of para-hydroxylation sites is 1. The van der Waals surface area contributed by atoms with Crippen LogP contribution in [0.2, 0.25) is 0 Å². The molecule has 6 heteroatoms. The Morgan fingerprint density at radius 2 is 2.35 bits per heavy atom. The minimum Gasteiger partial charge on any atom is -0.492 e. The molecule has 1 aliphatic rings. The highest BCUT2D eigenvalue weighted by atomic mass is 32.2. The Balaban J connectivity index is 1.94. The Bertz CT molecular complexity index is 594. The van der Waals surface area contributed by atoms with Crippen molar-refractivity contribution in [2.24, 2.45) is 0 Å². The van der Waals surface area contributed by atoms with Crippen LogP contribution in [0.15, 0.2) is 28.8 Å². The lowest BCUT2D eigenvalue weighted by Crippen LogP contribution is -2.15. The molecule has 1 saturated heterocycles. The lowest BCUT2D eigenvalue weighted by atomic mass is 10.1. The van der Waals surface area contributed by atoms with Gasteiger partial charge in [-0.25, -0.2) is 0 Å². The molecule has 1 atom stereocenters. The molecule has 0 spiro atoms. The van der Waals surface area contributed by atoms with Gasteiger partial charge in [0.05, 0.1) is 7.11 Å². The number of hydrogen-bond donors (Lipinski definition) is 1. The number of aromatic nitrogens is 1. The molecule has 0 bridgehead atoms. The largest absolute Gasteiger partial charge is 0.492 e. The van der Waals surface area contributed by atoms with Crippen LogP contribution in [-0.4, -0.2) is 29.9 Å². The first kappa shape index (κ1) is 13.2. The van der Waals surface area contributed by atoms with E-state index < -0.39 is 0 Å². The van der Waals surface area contributed by atoms with Crippen LogP contribution < -0.4 is 15.2 Å². The summed E-state index contributed by atoms with van der Waals surface area (Å²) in [7, 11) is 1.62. The van der Waals surface area contributed by atoms with Gasteiger partial charge < -0.3 is 19.7 Å². The summed E-state index contributed by atoms with van der Waals surface area (Å²) in [4.78, 5) is 0. The van der Waals surface area contributed by atoms with Gasteiger partial charge in [-0.3, -0.25) is 0 Å². The number of nitrogens with two attached hydrogens (primary N) is 1.